The fourth-order valence-corrected chi connectivity index (χ4v) is 2.48. The van der Waals surface area contributed by atoms with E-state index in [1.807, 2.05) is 0 Å². The zero-order chi connectivity index (χ0) is 14.5. The fraction of sp³-hybridized carbons (Fsp3) is 0.462. The van der Waals surface area contributed by atoms with Gasteiger partial charge in [0.2, 0.25) is 5.91 Å². The Morgan fingerprint density at radius 3 is 2.58 bits per heavy atom. The van der Waals surface area contributed by atoms with Crippen LogP contribution in [-0.2, 0) is 20.4 Å². The maximum Gasteiger partial charge on any atom is 0.238 e. The number of anilines is 1. The van der Waals surface area contributed by atoms with Crippen molar-refractivity contribution in [3.05, 3.63) is 29.8 Å². The van der Waals surface area contributed by atoms with E-state index in [0.29, 0.717) is 11.3 Å². The molecule has 1 aromatic rings. The normalized spacial score (nSPS) is 11.6. The SMILES string of the molecule is CNCC(=O)Nc1cccc(CS(=O)(=O)C(C)C)c1. The molecule has 2 N–H and O–H groups in total. The van der Waals surface area contributed by atoms with E-state index in [4.69, 9.17) is 0 Å². The number of carbonyl (C=O) groups is 1. The van der Waals surface area contributed by atoms with Gasteiger partial charge in [0, 0.05) is 5.69 Å². The summed E-state index contributed by atoms with van der Waals surface area (Å²) in [6.07, 6.45) is 0. The summed E-state index contributed by atoms with van der Waals surface area (Å²) in [5, 5.41) is 5.04. The Hall–Kier alpha value is -1.40. The van der Waals surface area contributed by atoms with Crippen LogP contribution in [0.15, 0.2) is 24.3 Å². The van der Waals surface area contributed by atoms with Gasteiger partial charge in [0.15, 0.2) is 9.84 Å². The molecule has 0 aliphatic heterocycles. The Balaban J connectivity index is 2.81. The standard InChI is InChI=1S/C13H20N2O3S/c1-10(2)19(17,18)9-11-5-4-6-12(7-11)15-13(16)8-14-3/h4-7,10,14H,8-9H2,1-3H3,(H,15,16). The largest absolute Gasteiger partial charge is 0.325 e. The molecule has 0 bridgehead atoms. The molecule has 0 unspecified atom stereocenters. The van der Waals surface area contributed by atoms with Crippen molar-refractivity contribution in [1.82, 2.24) is 5.32 Å². The smallest absolute Gasteiger partial charge is 0.238 e. The van der Waals surface area contributed by atoms with Crippen molar-refractivity contribution >= 4 is 21.4 Å². The molecule has 1 aromatic carbocycles. The number of amides is 1. The van der Waals surface area contributed by atoms with Crippen molar-refractivity contribution in [2.45, 2.75) is 24.9 Å². The first-order valence-electron chi connectivity index (χ1n) is 6.10. The molecule has 0 saturated carbocycles. The summed E-state index contributed by atoms with van der Waals surface area (Å²) in [4.78, 5) is 11.4. The quantitative estimate of drug-likeness (QED) is 0.822. The Bertz CT molecular complexity index is 539. The van der Waals surface area contributed by atoms with Crippen LogP contribution in [0.1, 0.15) is 19.4 Å². The second kappa shape index (κ2) is 6.68. The van der Waals surface area contributed by atoms with Crippen LogP contribution in [0, 0.1) is 0 Å². The second-order valence-corrected chi connectivity index (χ2v) is 7.19. The summed E-state index contributed by atoms with van der Waals surface area (Å²) in [5.41, 5.74) is 1.28. The van der Waals surface area contributed by atoms with E-state index < -0.39 is 15.1 Å². The van der Waals surface area contributed by atoms with Gasteiger partial charge in [-0.25, -0.2) is 8.42 Å². The lowest BCUT2D eigenvalue weighted by atomic mass is 10.2. The molecule has 6 heteroatoms. The number of rotatable bonds is 6. The van der Waals surface area contributed by atoms with Crippen LogP contribution in [-0.4, -0.2) is 33.2 Å². The molecule has 0 atom stereocenters. The van der Waals surface area contributed by atoms with Crippen LogP contribution < -0.4 is 10.6 Å². The highest BCUT2D eigenvalue weighted by atomic mass is 32.2. The predicted octanol–water partition coefficient (Wildman–Crippen LogP) is 1.17. The molecule has 0 aliphatic carbocycles. The fourth-order valence-electron chi connectivity index (χ4n) is 1.50. The molecule has 0 aromatic heterocycles. The molecule has 1 amide bonds. The van der Waals surface area contributed by atoms with Gasteiger partial charge in [0.05, 0.1) is 17.5 Å². The zero-order valence-corrected chi connectivity index (χ0v) is 12.3. The molecule has 0 saturated heterocycles. The topological polar surface area (TPSA) is 75.3 Å². The Labute approximate surface area is 114 Å². The molecule has 0 heterocycles. The van der Waals surface area contributed by atoms with Crippen molar-refractivity contribution < 1.29 is 13.2 Å². The van der Waals surface area contributed by atoms with Gasteiger partial charge < -0.3 is 10.6 Å². The third-order valence-corrected chi connectivity index (χ3v) is 4.81. The summed E-state index contributed by atoms with van der Waals surface area (Å²) >= 11 is 0. The van der Waals surface area contributed by atoms with E-state index in [-0.39, 0.29) is 18.2 Å². The summed E-state index contributed by atoms with van der Waals surface area (Å²) in [5.74, 6) is -0.174. The third-order valence-electron chi connectivity index (χ3n) is 2.63. The first-order chi connectivity index (χ1) is 8.85. The minimum absolute atomic E-state index is 0.0135. The number of likely N-dealkylation sites (N-methyl/N-ethyl adjacent to an activating group) is 1. The Morgan fingerprint density at radius 1 is 1.32 bits per heavy atom. The first kappa shape index (κ1) is 15.7. The minimum atomic E-state index is -3.13. The van der Waals surface area contributed by atoms with Gasteiger partial charge >= 0.3 is 0 Å². The molecular weight excluding hydrogens is 264 g/mol. The third kappa shape index (κ3) is 5.00. The molecule has 5 nitrogen and oxygen atoms in total. The van der Waals surface area contributed by atoms with Crippen LogP contribution in [0.3, 0.4) is 0 Å². The van der Waals surface area contributed by atoms with Crippen molar-refractivity contribution in [3.63, 3.8) is 0 Å². The number of hydrogen-bond acceptors (Lipinski definition) is 4. The minimum Gasteiger partial charge on any atom is -0.325 e. The van der Waals surface area contributed by atoms with E-state index in [2.05, 4.69) is 10.6 Å². The Kier molecular flexibility index (Phi) is 5.50. The number of hydrogen-bond donors (Lipinski definition) is 2. The lowest BCUT2D eigenvalue weighted by Gasteiger charge is -2.10. The lowest BCUT2D eigenvalue weighted by Crippen LogP contribution is -2.25. The molecule has 0 radical (unpaired) electrons. The highest BCUT2D eigenvalue weighted by Gasteiger charge is 2.16. The molecule has 0 fully saturated rings. The average Bonchev–Trinajstić information content (AvgIpc) is 2.28. The summed E-state index contributed by atoms with van der Waals surface area (Å²) in [6, 6.07) is 6.90. The van der Waals surface area contributed by atoms with Crippen LogP contribution in [0.2, 0.25) is 0 Å². The van der Waals surface area contributed by atoms with Gasteiger partial charge in [-0.15, -0.1) is 0 Å². The average molecular weight is 284 g/mol. The van der Waals surface area contributed by atoms with Crippen LogP contribution in [0.25, 0.3) is 0 Å². The zero-order valence-electron chi connectivity index (χ0n) is 11.4. The molecule has 1 rings (SSSR count). The van der Waals surface area contributed by atoms with Gasteiger partial charge in [-0.05, 0) is 38.6 Å². The van der Waals surface area contributed by atoms with E-state index in [0.717, 1.165) is 0 Å². The summed E-state index contributed by atoms with van der Waals surface area (Å²) in [7, 11) is -1.45. The number of sulfone groups is 1. The summed E-state index contributed by atoms with van der Waals surface area (Å²) in [6.45, 7) is 3.54. The monoisotopic (exact) mass is 284 g/mol. The highest BCUT2D eigenvalue weighted by molar-refractivity contribution is 7.91. The van der Waals surface area contributed by atoms with Crippen molar-refractivity contribution in [2.24, 2.45) is 0 Å². The van der Waals surface area contributed by atoms with E-state index in [1.54, 1.807) is 45.2 Å². The van der Waals surface area contributed by atoms with Crippen molar-refractivity contribution in [2.75, 3.05) is 18.9 Å². The highest BCUT2D eigenvalue weighted by Crippen LogP contribution is 2.15. The summed E-state index contributed by atoms with van der Waals surface area (Å²) < 4.78 is 23.7. The maximum atomic E-state index is 11.8. The van der Waals surface area contributed by atoms with Crippen molar-refractivity contribution in [1.29, 1.82) is 0 Å². The van der Waals surface area contributed by atoms with Gasteiger partial charge in [-0.2, -0.15) is 0 Å². The number of benzene rings is 1. The van der Waals surface area contributed by atoms with E-state index in [1.165, 1.54) is 0 Å². The molecule has 0 aliphatic rings. The van der Waals surface area contributed by atoms with E-state index in [9.17, 15) is 13.2 Å². The maximum absolute atomic E-state index is 11.8. The van der Waals surface area contributed by atoms with Crippen LogP contribution >= 0.6 is 0 Å². The van der Waals surface area contributed by atoms with Crippen molar-refractivity contribution in [3.8, 4) is 0 Å². The van der Waals surface area contributed by atoms with Gasteiger partial charge in [0.1, 0.15) is 0 Å². The lowest BCUT2D eigenvalue weighted by molar-refractivity contribution is -0.115. The molecule has 106 valence electrons. The van der Waals surface area contributed by atoms with Gasteiger partial charge in [0.25, 0.3) is 0 Å². The first-order valence-corrected chi connectivity index (χ1v) is 7.81. The van der Waals surface area contributed by atoms with Crippen LogP contribution in [0.5, 0.6) is 0 Å². The number of carbonyl (C=O) groups excluding carboxylic acids is 1. The Morgan fingerprint density at radius 2 is 2.00 bits per heavy atom. The van der Waals surface area contributed by atoms with Gasteiger partial charge in [-0.3, -0.25) is 4.79 Å². The second-order valence-electron chi connectivity index (χ2n) is 4.63. The van der Waals surface area contributed by atoms with Crippen LogP contribution in [0.4, 0.5) is 5.69 Å². The number of nitrogens with one attached hydrogen (secondary N) is 2. The van der Waals surface area contributed by atoms with Gasteiger partial charge in [-0.1, -0.05) is 12.1 Å². The predicted molar refractivity (Wildman–Crippen MR) is 76.8 cm³/mol. The molecular formula is C13H20N2O3S. The van der Waals surface area contributed by atoms with E-state index >= 15 is 0 Å². The molecule has 19 heavy (non-hydrogen) atoms. The molecule has 0 spiro atoms.